The minimum atomic E-state index is 0.169. The van der Waals surface area contributed by atoms with Gasteiger partial charge in [0.1, 0.15) is 0 Å². The van der Waals surface area contributed by atoms with Crippen LogP contribution in [0, 0.1) is 0 Å². The zero-order valence-corrected chi connectivity index (χ0v) is 12.9. The molecule has 0 bridgehead atoms. The highest BCUT2D eigenvalue weighted by atomic mass is 79.9. The number of halogens is 1. The van der Waals surface area contributed by atoms with E-state index in [2.05, 4.69) is 63.7 Å². The van der Waals surface area contributed by atoms with Crippen LogP contribution in [0.5, 0.6) is 0 Å². The molecule has 0 aromatic heterocycles. The molecule has 0 saturated heterocycles. The van der Waals surface area contributed by atoms with Crippen LogP contribution in [-0.2, 0) is 17.7 Å². The predicted octanol–water partition coefficient (Wildman–Crippen LogP) is 3.85. The molecule has 0 aliphatic carbocycles. The van der Waals surface area contributed by atoms with E-state index in [0.717, 1.165) is 30.6 Å². The highest BCUT2D eigenvalue weighted by Crippen LogP contribution is 2.26. The molecule has 104 valence electrons. The van der Waals surface area contributed by atoms with Crippen molar-refractivity contribution >= 4 is 15.9 Å². The Balaban J connectivity index is 1.61. The maximum atomic E-state index is 5.90. The molecule has 1 aliphatic heterocycles. The summed E-state index contributed by atoms with van der Waals surface area (Å²) in [7, 11) is 0. The van der Waals surface area contributed by atoms with Gasteiger partial charge in [-0.1, -0.05) is 58.4 Å². The number of hydrogen-bond donors (Lipinski definition) is 1. The van der Waals surface area contributed by atoms with E-state index in [0.29, 0.717) is 0 Å². The molecule has 0 spiro atoms. The normalized spacial score (nSPS) is 17.8. The summed E-state index contributed by atoms with van der Waals surface area (Å²) in [6.07, 6.45) is 1.19. The van der Waals surface area contributed by atoms with E-state index in [1.54, 1.807) is 0 Å². The number of hydrogen-bond acceptors (Lipinski definition) is 2. The molecular formula is C17H18BrNO. The molecule has 1 heterocycles. The summed E-state index contributed by atoms with van der Waals surface area (Å²) in [5.74, 6) is 0. The summed E-state index contributed by atoms with van der Waals surface area (Å²) in [4.78, 5) is 0. The molecule has 20 heavy (non-hydrogen) atoms. The number of benzene rings is 2. The third kappa shape index (κ3) is 3.11. The van der Waals surface area contributed by atoms with Gasteiger partial charge < -0.3 is 10.1 Å². The van der Waals surface area contributed by atoms with Gasteiger partial charge in [-0.3, -0.25) is 0 Å². The lowest BCUT2D eigenvalue weighted by Crippen LogP contribution is -2.27. The summed E-state index contributed by atoms with van der Waals surface area (Å²) in [5.41, 5.74) is 4.03. The molecule has 3 rings (SSSR count). The molecule has 0 radical (unpaired) electrons. The molecule has 2 aromatic carbocycles. The first-order chi connectivity index (χ1) is 9.84. The highest BCUT2D eigenvalue weighted by Gasteiger charge is 2.19. The zero-order valence-electron chi connectivity index (χ0n) is 11.3. The largest absolute Gasteiger partial charge is 0.372 e. The number of fused-ring (bicyclic) bond motifs is 1. The van der Waals surface area contributed by atoms with Gasteiger partial charge in [-0.15, -0.1) is 0 Å². The third-order valence-electron chi connectivity index (χ3n) is 3.70. The van der Waals surface area contributed by atoms with Crippen molar-refractivity contribution in [3.8, 4) is 0 Å². The quantitative estimate of drug-likeness (QED) is 0.918. The van der Waals surface area contributed by atoms with Crippen LogP contribution in [0.2, 0.25) is 0 Å². The van der Waals surface area contributed by atoms with Crippen molar-refractivity contribution in [2.75, 3.05) is 13.2 Å². The first-order valence-corrected chi connectivity index (χ1v) is 7.77. The molecule has 0 amide bonds. The first kappa shape index (κ1) is 13.8. The average Bonchev–Trinajstić information content (AvgIpc) is 2.49. The Morgan fingerprint density at radius 2 is 1.90 bits per heavy atom. The van der Waals surface area contributed by atoms with Crippen LogP contribution in [0.4, 0.5) is 0 Å². The number of rotatable bonds is 4. The Kier molecular flexibility index (Phi) is 4.51. The van der Waals surface area contributed by atoms with Crippen molar-refractivity contribution in [3.63, 3.8) is 0 Å². The monoisotopic (exact) mass is 331 g/mol. The smallest absolute Gasteiger partial charge is 0.0952 e. The predicted molar refractivity (Wildman–Crippen MR) is 84.7 cm³/mol. The van der Waals surface area contributed by atoms with Crippen molar-refractivity contribution in [2.24, 2.45) is 0 Å². The lowest BCUT2D eigenvalue weighted by molar-refractivity contribution is 0.0423. The molecular weight excluding hydrogens is 314 g/mol. The average molecular weight is 332 g/mol. The van der Waals surface area contributed by atoms with Crippen LogP contribution in [0.15, 0.2) is 53.0 Å². The molecule has 1 aliphatic rings. The van der Waals surface area contributed by atoms with Crippen molar-refractivity contribution in [1.29, 1.82) is 0 Å². The van der Waals surface area contributed by atoms with Crippen LogP contribution >= 0.6 is 15.9 Å². The van der Waals surface area contributed by atoms with Gasteiger partial charge >= 0.3 is 0 Å². The maximum Gasteiger partial charge on any atom is 0.0952 e. The fraction of sp³-hybridized carbons (Fsp3) is 0.294. The highest BCUT2D eigenvalue weighted by molar-refractivity contribution is 9.10. The fourth-order valence-corrected chi connectivity index (χ4v) is 3.05. The van der Waals surface area contributed by atoms with Gasteiger partial charge in [-0.2, -0.15) is 0 Å². The topological polar surface area (TPSA) is 21.3 Å². The third-order valence-corrected chi connectivity index (χ3v) is 4.47. The second-order valence-electron chi connectivity index (χ2n) is 5.03. The number of ether oxygens (including phenoxy) is 1. The molecule has 2 nitrogen and oxygen atoms in total. The van der Waals surface area contributed by atoms with E-state index < -0.39 is 0 Å². The van der Waals surface area contributed by atoms with E-state index in [9.17, 15) is 0 Å². The molecule has 1 atom stereocenters. The van der Waals surface area contributed by atoms with E-state index in [4.69, 9.17) is 4.74 Å². The van der Waals surface area contributed by atoms with Crippen molar-refractivity contribution in [3.05, 3.63) is 69.7 Å². The Hall–Kier alpha value is -1.16. The van der Waals surface area contributed by atoms with E-state index in [1.165, 1.54) is 16.7 Å². The van der Waals surface area contributed by atoms with Crippen LogP contribution in [-0.4, -0.2) is 13.2 Å². The van der Waals surface area contributed by atoms with Crippen molar-refractivity contribution in [1.82, 2.24) is 5.32 Å². The molecule has 0 fully saturated rings. The van der Waals surface area contributed by atoms with Crippen LogP contribution in [0.1, 0.15) is 22.8 Å². The molecule has 2 aromatic rings. The van der Waals surface area contributed by atoms with E-state index in [-0.39, 0.29) is 6.10 Å². The molecule has 0 saturated carbocycles. The standard InChI is InChI=1S/C17H18BrNO/c18-16-8-4-2-6-14(16)11-19-12-17-15-7-3-1-5-13(15)9-10-20-17/h1-8,17,19H,9-12H2. The number of nitrogens with one attached hydrogen (secondary N) is 1. The SMILES string of the molecule is Brc1ccccc1CNCC1OCCc2ccccc21. The van der Waals surface area contributed by atoms with E-state index in [1.807, 2.05) is 6.07 Å². The summed E-state index contributed by atoms with van der Waals surface area (Å²) in [6.45, 7) is 2.51. The van der Waals surface area contributed by atoms with Gasteiger partial charge in [0.25, 0.3) is 0 Å². The minimum absolute atomic E-state index is 0.169. The summed E-state index contributed by atoms with van der Waals surface area (Å²) >= 11 is 3.58. The van der Waals surface area contributed by atoms with Crippen LogP contribution < -0.4 is 5.32 Å². The Morgan fingerprint density at radius 3 is 2.80 bits per heavy atom. The van der Waals surface area contributed by atoms with Gasteiger partial charge in [0.05, 0.1) is 12.7 Å². The Labute approximate surface area is 128 Å². The molecule has 3 heteroatoms. The van der Waals surface area contributed by atoms with E-state index >= 15 is 0 Å². The van der Waals surface area contributed by atoms with Gasteiger partial charge in [-0.25, -0.2) is 0 Å². The second kappa shape index (κ2) is 6.53. The second-order valence-corrected chi connectivity index (χ2v) is 5.88. The van der Waals surface area contributed by atoms with Crippen LogP contribution in [0.25, 0.3) is 0 Å². The summed E-state index contributed by atoms with van der Waals surface area (Å²) in [5, 5.41) is 3.50. The zero-order chi connectivity index (χ0) is 13.8. The van der Waals surface area contributed by atoms with Gasteiger partial charge in [-0.05, 0) is 29.2 Å². The van der Waals surface area contributed by atoms with Crippen LogP contribution in [0.3, 0.4) is 0 Å². The lowest BCUT2D eigenvalue weighted by Gasteiger charge is -2.26. The minimum Gasteiger partial charge on any atom is -0.372 e. The Bertz CT molecular complexity index is 585. The van der Waals surface area contributed by atoms with Crippen molar-refractivity contribution < 1.29 is 4.74 Å². The molecule has 1 unspecified atom stereocenters. The lowest BCUT2D eigenvalue weighted by atomic mass is 9.97. The van der Waals surface area contributed by atoms with Gasteiger partial charge in [0, 0.05) is 17.6 Å². The molecule has 1 N–H and O–H groups in total. The Morgan fingerprint density at radius 1 is 1.10 bits per heavy atom. The summed E-state index contributed by atoms with van der Waals surface area (Å²) < 4.78 is 7.05. The first-order valence-electron chi connectivity index (χ1n) is 6.98. The van der Waals surface area contributed by atoms with Gasteiger partial charge in [0.2, 0.25) is 0 Å². The summed E-state index contributed by atoms with van der Waals surface area (Å²) in [6, 6.07) is 16.9. The van der Waals surface area contributed by atoms with Gasteiger partial charge in [0.15, 0.2) is 0 Å². The maximum absolute atomic E-state index is 5.90. The van der Waals surface area contributed by atoms with Crippen molar-refractivity contribution in [2.45, 2.75) is 19.1 Å². The fourth-order valence-electron chi connectivity index (χ4n) is 2.63.